The van der Waals surface area contributed by atoms with Crippen LogP contribution in [0.2, 0.25) is 0 Å². The summed E-state index contributed by atoms with van der Waals surface area (Å²) in [6.45, 7) is 5.88. The van der Waals surface area contributed by atoms with E-state index >= 15 is 0 Å². The fourth-order valence-corrected chi connectivity index (χ4v) is 1.13. The Morgan fingerprint density at radius 3 is 2.60 bits per heavy atom. The second-order valence-corrected chi connectivity index (χ2v) is 2.85. The number of amides is 1. The van der Waals surface area contributed by atoms with E-state index in [9.17, 15) is 4.79 Å². The maximum absolute atomic E-state index is 11.0. The summed E-state index contributed by atoms with van der Waals surface area (Å²) in [5.41, 5.74) is 0. The average molecular weight is 139 g/mol. The number of carbonyl (C=O) groups is 1. The molecule has 0 bridgehead atoms. The van der Waals surface area contributed by atoms with E-state index < -0.39 is 0 Å². The Hall–Kier alpha value is -0.790. The molecule has 0 atom stereocenters. The zero-order chi connectivity index (χ0) is 7.56. The van der Waals surface area contributed by atoms with Crippen LogP contribution in [0.15, 0.2) is 12.2 Å². The van der Waals surface area contributed by atoms with E-state index in [0.29, 0.717) is 5.92 Å². The fraction of sp³-hybridized carbons (Fsp3) is 0.625. The highest BCUT2D eigenvalue weighted by Gasteiger charge is 2.24. The van der Waals surface area contributed by atoms with Crippen LogP contribution in [0.25, 0.3) is 0 Å². The molecule has 1 aliphatic rings. The molecule has 2 heteroatoms. The summed E-state index contributed by atoms with van der Waals surface area (Å²) >= 11 is 0. The molecule has 1 aliphatic heterocycles. The molecule has 1 heterocycles. The minimum atomic E-state index is 0.153. The molecule has 1 rings (SSSR count). The van der Waals surface area contributed by atoms with Crippen LogP contribution in [-0.2, 0) is 4.79 Å². The fourth-order valence-electron chi connectivity index (χ4n) is 1.13. The van der Waals surface area contributed by atoms with Gasteiger partial charge in [0.05, 0.1) is 0 Å². The van der Waals surface area contributed by atoms with Crippen LogP contribution in [0, 0.1) is 5.92 Å². The first kappa shape index (κ1) is 7.32. The van der Waals surface area contributed by atoms with Crippen molar-refractivity contribution in [3.8, 4) is 0 Å². The lowest BCUT2D eigenvalue weighted by molar-refractivity contribution is -0.131. The van der Waals surface area contributed by atoms with Crippen LogP contribution in [0.4, 0.5) is 0 Å². The van der Waals surface area contributed by atoms with E-state index in [-0.39, 0.29) is 5.91 Å². The van der Waals surface area contributed by atoms with Gasteiger partial charge in [-0.25, -0.2) is 0 Å². The zero-order valence-electron chi connectivity index (χ0n) is 6.50. The smallest absolute Gasteiger partial charge is 0.246 e. The van der Waals surface area contributed by atoms with E-state index in [1.165, 1.54) is 0 Å². The van der Waals surface area contributed by atoms with Crippen molar-refractivity contribution in [1.29, 1.82) is 0 Å². The molecule has 2 nitrogen and oxygen atoms in total. The number of rotatable bonds is 1. The number of hydrogen-bond acceptors (Lipinski definition) is 1. The largest absolute Gasteiger partial charge is 0.339 e. The number of nitrogens with zero attached hydrogens (tertiary/aromatic N) is 1. The van der Waals surface area contributed by atoms with Crippen LogP contribution in [0.5, 0.6) is 0 Å². The summed E-state index contributed by atoms with van der Waals surface area (Å²) in [5.74, 6) is 0.856. The van der Waals surface area contributed by atoms with Crippen molar-refractivity contribution < 1.29 is 4.79 Å². The molecular weight excluding hydrogens is 126 g/mol. The summed E-state index contributed by atoms with van der Waals surface area (Å²) < 4.78 is 0. The van der Waals surface area contributed by atoms with Gasteiger partial charge in [0.1, 0.15) is 0 Å². The molecule has 0 aromatic rings. The third-order valence-corrected chi connectivity index (χ3v) is 1.69. The van der Waals surface area contributed by atoms with Crippen molar-refractivity contribution in [2.75, 3.05) is 13.1 Å². The molecule has 0 N–H and O–H groups in total. The molecule has 1 fully saturated rings. The van der Waals surface area contributed by atoms with Gasteiger partial charge in [0.25, 0.3) is 0 Å². The summed E-state index contributed by atoms with van der Waals surface area (Å²) in [6.07, 6.45) is 3.40. The summed E-state index contributed by atoms with van der Waals surface area (Å²) in [7, 11) is 0. The van der Waals surface area contributed by atoms with Crippen molar-refractivity contribution in [1.82, 2.24) is 4.90 Å². The molecule has 0 spiro atoms. The highest BCUT2D eigenvalue weighted by atomic mass is 16.2. The van der Waals surface area contributed by atoms with Crippen LogP contribution in [-0.4, -0.2) is 23.9 Å². The predicted molar refractivity (Wildman–Crippen MR) is 40.6 cm³/mol. The lowest BCUT2D eigenvalue weighted by Crippen LogP contribution is -2.47. The molecule has 0 saturated carbocycles. The van der Waals surface area contributed by atoms with Gasteiger partial charge in [-0.05, 0) is 18.9 Å². The Labute approximate surface area is 61.5 Å². The predicted octanol–water partition coefficient (Wildman–Crippen LogP) is 1.04. The maximum atomic E-state index is 11.0. The first-order valence-electron chi connectivity index (χ1n) is 3.65. The van der Waals surface area contributed by atoms with Gasteiger partial charge in [0.15, 0.2) is 0 Å². The van der Waals surface area contributed by atoms with Gasteiger partial charge >= 0.3 is 0 Å². The van der Waals surface area contributed by atoms with Crippen LogP contribution < -0.4 is 0 Å². The minimum Gasteiger partial charge on any atom is -0.339 e. The van der Waals surface area contributed by atoms with Crippen molar-refractivity contribution in [2.45, 2.75) is 13.8 Å². The zero-order valence-corrected chi connectivity index (χ0v) is 6.50. The Balaban J connectivity index is 2.31. The van der Waals surface area contributed by atoms with E-state index in [2.05, 4.69) is 6.92 Å². The monoisotopic (exact) mass is 139 g/mol. The van der Waals surface area contributed by atoms with Crippen LogP contribution in [0.1, 0.15) is 13.8 Å². The molecular formula is C8H13NO. The Kier molecular flexibility index (Phi) is 2.10. The minimum absolute atomic E-state index is 0.153. The SMILES string of the molecule is C/C=C/C(=O)N1CC(C)C1. The maximum Gasteiger partial charge on any atom is 0.246 e. The van der Waals surface area contributed by atoms with Gasteiger partial charge in [-0.2, -0.15) is 0 Å². The molecule has 0 aromatic heterocycles. The lowest BCUT2D eigenvalue weighted by atomic mass is 10.0. The van der Waals surface area contributed by atoms with E-state index in [0.717, 1.165) is 13.1 Å². The highest BCUT2D eigenvalue weighted by molar-refractivity contribution is 5.88. The number of allylic oxidation sites excluding steroid dienone is 1. The van der Waals surface area contributed by atoms with Gasteiger partial charge in [0.2, 0.25) is 5.91 Å². The van der Waals surface area contributed by atoms with Gasteiger partial charge < -0.3 is 4.90 Å². The molecule has 1 saturated heterocycles. The molecule has 0 aromatic carbocycles. The number of carbonyl (C=O) groups excluding carboxylic acids is 1. The van der Waals surface area contributed by atoms with Crippen molar-refractivity contribution >= 4 is 5.91 Å². The number of hydrogen-bond donors (Lipinski definition) is 0. The molecule has 1 amide bonds. The summed E-state index contributed by atoms with van der Waals surface area (Å²) in [6, 6.07) is 0. The topological polar surface area (TPSA) is 20.3 Å². The van der Waals surface area contributed by atoms with Crippen molar-refractivity contribution in [3.63, 3.8) is 0 Å². The summed E-state index contributed by atoms with van der Waals surface area (Å²) in [4.78, 5) is 12.9. The standard InChI is InChI=1S/C8H13NO/c1-3-4-8(10)9-5-7(2)6-9/h3-4,7H,5-6H2,1-2H3/b4-3+. The van der Waals surface area contributed by atoms with E-state index in [1.54, 1.807) is 12.2 Å². The first-order chi connectivity index (χ1) is 4.74. The van der Waals surface area contributed by atoms with Gasteiger partial charge in [0, 0.05) is 13.1 Å². The third-order valence-electron chi connectivity index (χ3n) is 1.69. The Bertz CT molecular complexity index is 157. The molecule has 0 radical (unpaired) electrons. The van der Waals surface area contributed by atoms with Gasteiger partial charge in [-0.1, -0.05) is 13.0 Å². The Morgan fingerprint density at radius 1 is 1.60 bits per heavy atom. The molecule has 0 aliphatic carbocycles. The second kappa shape index (κ2) is 2.86. The Morgan fingerprint density at radius 2 is 2.20 bits per heavy atom. The van der Waals surface area contributed by atoms with Crippen LogP contribution >= 0.6 is 0 Å². The highest BCUT2D eigenvalue weighted by Crippen LogP contribution is 2.13. The normalized spacial score (nSPS) is 19.6. The molecule has 10 heavy (non-hydrogen) atoms. The lowest BCUT2D eigenvalue weighted by Gasteiger charge is -2.36. The van der Waals surface area contributed by atoms with E-state index in [4.69, 9.17) is 0 Å². The summed E-state index contributed by atoms with van der Waals surface area (Å²) in [5, 5.41) is 0. The van der Waals surface area contributed by atoms with Crippen molar-refractivity contribution in [2.24, 2.45) is 5.92 Å². The van der Waals surface area contributed by atoms with Gasteiger partial charge in [-0.3, -0.25) is 4.79 Å². The number of likely N-dealkylation sites (tertiary alicyclic amines) is 1. The van der Waals surface area contributed by atoms with E-state index in [1.807, 2.05) is 11.8 Å². The first-order valence-corrected chi connectivity index (χ1v) is 3.65. The third kappa shape index (κ3) is 1.38. The molecule has 56 valence electrons. The quantitative estimate of drug-likeness (QED) is 0.497. The second-order valence-electron chi connectivity index (χ2n) is 2.85. The van der Waals surface area contributed by atoms with Crippen molar-refractivity contribution in [3.05, 3.63) is 12.2 Å². The van der Waals surface area contributed by atoms with Crippen LogP contribution in [0.3, 0.4) is 0 Å². The van der Waals surface area contributed by atoms with Gasteiger partial charge in [-0.15, -0.1) is 0 Å². The molecule has 0 unspecified atom stereocenters. The average Bonchev–Trinajstić information content (AvgIpc) is 1.82.